The maximum atomic E-state index is 4.94. The molecule has 0 heterocycles. The van der Waals surface area contributed by atoms with Crippen molar-refractivity contribution in [1.82, 2.24) is 0 Å². The summed E-state index contributed by atoms with van der Waals surface area (Å²) in [7, 11) is 14.8. The molecule has 12 unspecified atom stereocenters. The van der Waals surface area contributed by atoms with E-state index in [0.717, 1.165) is 54.4 Å². The molecule has 0 N–H and O–H groups in total. The van der Waals surface area contributed by atoms with Crippen molar-refractivity contribution < 1.29 is 20.9 Å². The van der Waals surface area contributed by atoms with Gasteiger partial charge in [-0.3, -0.25) is 0 Å². The van der Waals surface area contributed by atoms with Crippen LogP contribution in [-0.2, 0) is 19.5 Å². The van der Waals surface area contributed by atoms with Gasteiger partial charge in [-0.2, -0.15) is 0 Å². The molecular formula is C82H156AlCl3Ru. The Morgan fingerprint density at radius 1 is 0.609 bits per heavy atom. The predicted molar refractivity (Wildman–Crippen MR) is 413 cm³/mol. The Morgan fingerprint density at radius 3 is 1.26 bits per heavy atom. The molecule has 12 atom stereocenters. The zero-order valence-electron chi connectivity index (χ0n) is 61.1. The maximum Gasteiger partial charge on any atom is 0.643 e. The van der Waals surface area contributed by atoms with Crippen LogP contribution in [0.4, 0.5) is 0 Å². The summed E-state index contributed by atoms with van der Waals surface area (Å²) < 4.78 is 0. The minimum atomic E-state index is -1.72. The first-order valence-electron chi connectivity index (χ1n) is 35.4. The fraction of sp³-hybridized carbons (Fsp3) is 0.756. The monoisotopic (exact) mass is 1380 g/mol. The fourth-order valence-corrected chi connectivity index (χ4v) is 15.0. The first-order chi connectivity index (χ1) is 39.9. The van der Waals surface area contributed by atoms with Gasteiger partial charge in [0.2, 0.25) is 0 Å². The molecule has 0 aromatic carbocycles. The smallest absolute Gasteiger partial charge is 0.214 e. The van der Waals surface area contributed by atoms with Gasteiger partial charge in [0.25, 0.3) is 0 Å². The van der Waals surface area contributed by atoms with E-state index in [2.05, 4.69) is 156 Å². The van der Waals surface area contributed by atoms with E-state index in [9.17, 15) is 0 Å². The quantitative estimate of drug-likeness (QED) is 0.141. The van der Waals surface area contributed by atoms with Crippen LogP contribution in [0.3, 0.4) is 0 Å². The van der Waals surface area contributed by atoms with E-state index >= 15 is 0 Å². The Balaban J connectivity index is -0.000000135. The molecule has 11 aliphatic rings. The number of halogens is 3. The van der Waals surface area contributed by atoms with Crippen molar-refractivity contribution in [2.24, 2.45) is 87.8 Å². The zero-order chi connectivity index (χ0) is 65.6. The van der Waals surface area contributed by atoms with Crippen LogP contribution in [0.25, 0.3) is 0 Å². The molecule has 7 fully saturated rings. The molecular weight excluding hydrogens is 1220 g/mol. The van der Waals surface area contributed by atoms with Crippen LogP contribution in [0.1, 0.15) is 317 Å². The second-order valence-corrected chi connectivity index (χ2v) is 33.4. The van der Waals surface area contributed by atoms with Crippen LogP contribution >= 0.6 is 30.1 Å². The van der Waals surface area contributed by atoms with Crippen LogP contribution in [0, 0.1) is 87.8 Å². The van der Waals surface area contributed by atoms with Crippen LogP contribution in [0.2, 0.25) is 0 Å². The first kappa shape index (κ1) is 100.0. The third-order valence-electron chi connectivity index (χ3n) is 17.3. The van der Waals surface area contributed by atoms with E-state index < -0.39 is 11.4 Å². The van der Waals surface area contributed by atoms with Crippen molar-refractivity contribution in [3.05, 3.63) is 121 Å². The topological polar surface area (TPSA) is 0 Å². The molecule has 5 heteroatoms. The summed E-state index contributed by atoms with van der Waals surface area (Å²) in [4.78, 5) is 0. The molecule has 0 nitrogen and oxygen atoms in total. The summed E-state index contributed by atoms with van der Waals surface area (Å²) in [6.07, 6.45) is 54.7. The van der Waals surface area contributed by atoms with Gasteiger partial charge in [0.05, 0.1) is 0 Å². The van der Waals surface area contributed by atoms with Crippen LogP contribution in [0.15, 0.2) is 121 Å². The molecule has 0 aromatic rings. The van der Waals surface area contributed by atoms with Crippen LogP contribution < -0.4 is 0 Å². The summed E-state index contributed by atoms with van der Waals surface area (Å²) >= 11 is -1.72. The Hall–Kier alpha value is -0.574. The van der Waals surface area contributed by atoms with Crippen molar-refractivity contribution in [3.8, 4) is 0 Å². The summed E-state index contributed by atoms with van der Waals surface area (Å²) in [6, 6.07) is 0. The van der Waals surface area contributed by atoms with E-state index in [1.165, 1.54) is 108 Å². The van der Waals surface area contributed by atoms with Crippen molar-refractivity contribution in [2.45, 2.75) is 316 Å². The molecule has 11 aliphatic carbocycles. The van der Waals surface area contributed by atoms with Gasteiger partial charge in [0, 0.05) is 20.9 Å². The van der Waals surface area contributed by atoms with E-state index in [0.29, 0.717) is 10.8 Å². The van der Waals surface area contributed by atoms with E-state index in [1.807, 2.05) is 103 Å². The number of rotatable bonds is 6. The number of hydrogen-bond acceptors (Lipinski definition) is 0. The van der Waals surface area contributed by atoms with Crippen molar-refractivity contribution in [2.75, 3.05) is 0 Å². The van der Waals surface area contributed by atoms with E-state index in [4.69, 9.17) is 30.1 Å². The Bertz CT molecular complexity index is 1740. The maximum absolute atomic E-state index is 4.94. The second-order valence-electron chi connectivity index (χ2n) is 27.0. The summed E-state index contributed by atoms with van der Waals surface area (Å²) in [5.41, 5.74) is 7.31. The third kappa shape index (κ3) is 47.0. The average molecular weight is 1380 g/mol. The zero-order valence-corrected chi connectivity index (χ0v) is 66.3. The summed E-state index contributed by atoms with van der Waals surface area (Å²) in [6.45, 7) is 65.4. The first-order valence-corrected chi connectivity index (χ1v) is 40.6. The van der Waals surface area contributed by atoms with Gasteiger partial charge >= 0.3 is 11.4 Å². The third-order valence-corrected chi connectivity index (χ3v) is 17.3. The minimum absolute atomic E-state index is 0. The number of allylic oxidation sites excluding steroid dienone is 16. The molecule has 0 amide bonds. The average Bonchev–Trinajstić information content (AvgIpc) is 2.25. The van der Waals surface area contributed by atoms with E-state index in [1.54, 1.807) is 77.0 Å². The molecule has 11 rings (SSSR count). The standard InChI is InChI=1S/C12H26.2C10H16.C10H12.C10H16.2C6H8.C4H8.6C2H6.2CH4.Al.3ClH.Ru.H2/c1-10(8-11(2,3)4)9-12(5,6)7;3*1-2-9-7-4-5-8(6-7)10(9)3-1;1-5-10(4)8-6-7-9(2)3;2*1-6-4-2-3-5-6;1-4(2)3;6*1-2;;;;;;;;/h10H,8-9H2,1-7H3;2*7-10H,1-6H2;1-2,4-5,7-10H,3,6H2;5,7H,1,4,6,8H2,2-3H3;2,4-5H,3H2,1H3;2,4H,1,3,5H2;1H2,2-3H3;6*1-2H3;2*1H4;;3*1H;;1H/q;;;;;;;;;;;;;;;;+3;;;;;/p-3/i;;;;;;;;;;;;;;;;;;;;;1+1. The molecule has 6 bridgehead atoms. The summed E-state index contributed by atoms with van der Waals surface area (Å²) in [5, 5.41) is 0. The Kier molecular flexibility index (Phi) is 69.4. The molecule has 0 spiro atoms. The van der Waals surface area contributed by atoms with Gasteiger partial charge in [-0.1, -0.05) is 274 Å². The van der Waals surface area contributed by atoms with Crippen molar-refractivity contribution in [3.63, 3.8) is 0 Å². The molecule has 516 valence electrons. The predicted octanol–water partition coefficient (Wildman–Crippen LogP) is 30.7. The van der Waals surface area contributed by atoms with E-state index in [-0.39, 0.29) is 35.8 Å². The van der Waals surface area contributed by atoms with Gasteiger partial charge in [-0.25, -0.2) is 30.1 Å². The van der Waals surface area contributed by atoms with Crippen molar-refractivity contribution >= 4 is 41.5 Å². The van der Waals surface area contributed by atoms with Gasteiger partial charge in [0.1, 0.15) is 0 Å². The normalized spacial score (nSPS) is 26.1. The number of fused-ring (bicyclic) bond motifs is 15. The Labute approximate surface area is 582 Å². The SMILES string of the molecule is C.C.C1=CC2C3C=CC(C3)C2C1.C1CC2C3CCC(C3)C2C1.C1CC2C3CCC(C3)C2C1.C=C(C)C.C=C1C=CCC1.C=CC(=C)CCC=C(C)C.CC.CC.CC.CC.CC.CC.CC(CC(C)(C)C)CC(C)(C)C.CC1=CCC=C1.[2HH].[Cl][Al]([Cl])[Cl].[Ru]. The van der Waals surface area contributed by atoms with Crippen LogP contribution in [-0.4, -0.2) is 11.4 Å². The second kappa shape index (κ2) is 60.4. The van der Waals surface area contributed by atoms with Gasteiger partial charge in [-0.15, -0.1) is 6.58 Å². The molecule has 87 heavy (non-hydrogen) atoms. The van der Waals surface area contributed by atoms with Gasteiger partial charge in [0.15, 0.2) is 0 Å². The molecule has 7 saturated carbocycles. The number of hydrogen-bond donors (Lipinski definition) is 0. The van der Waals surface area contributed by atoms with Gasteiger partial charge in [-0.05, 0) is 244 Å². The minimum Gasteiger partial charge on any atom is -0.214 e. The van der Waals surface area contributed by atoms with Crippen molar-refractivity contribution in [1.29, 1.82) is 0 Å². The molecule has 0 radical (unpaired) electrons. The molecule has 0 aromatic heterocycles. The molecule has 0 saturated heterocycles. The summed E-state index contributed by atoms with van der Waals surface area (Å²) in [5.74, 6) is 14.3. The van der Waals surface area contributed by atoms with Crippen LogP contribution in [0.5, 0.6) is 0 Å². The van der Waals surface area contributed by atoms with Gasteiger partial charge < -0.3 is 0 Å². The molecule has 0 aliphatic heterocycles. The largest absolute Gasteiger partial charge is 0.643 e. The Morgan fingerprint density at radius 2 is 1.00 bits per heavy atom. The fourth-order valence-electron chi connectivity index (χ4n) is 15.0.